The van der Waals surface area contributed by atoms with Crippen molar-refractivity contribution in [3.63, 3.8) is 0 Å². The summed E-state index contributed by atoms with van der Waals surface area (Å²) in [5.41, 5.74) is 4.11. The van der Waals surface area contributed by atoms with Crippen LogP contribution in [0.3, 0.4) is 0 Å². The zero-order valence-electron chi connectivity index (χ0n) is 6.47. The summed E-state index contributed by atoms with van der Waals surface area (Å²) in [4.78, 5) is 0. The van der Waals surface area contributed by atoms with E-state index in [9.17, 15) is 0 Å². The van der Waals surface area contributed by atoms with Crippen molar-refractivity contribution < 1.29 is 0 Å². The highest BCUT2D eigenvalue weighted by atomic mass is 15.8. The van der Waals surface area contributed by atoms with Crippen LogP contribution < -0.4 is 5.53 Å². The second-order valence-electron chi connectivity index (χ2n) is 2.18. The second-order valence-corrected chi connectivity index (χ2v) is 2.18. The van der Waals surface area contributed by atoms with Crippen LogP contribution in [0.2, 0.25) is 0 Å². The topological polar surface area (TPSA) is 18.5 Å². The first kappa shape index (κ1) is 6.97. The molecule has 3 heteroatoms. The van der Waals surface area contributed by atoms with Crippen molar-refractivity contribution in [1.29, 1.82) is 0 Å². The van der Waals surface area contributed by atoms with E-state index in [0.717, 1.165) is 5.70 Å². The predicted octanol–water partition coefficient (Wildman–Crippen LogP) is 0.495. The summed E-state index contributed by atoms with van der Waals surface area (Å²) in [7, 11) is 1.93. The SMILES string of the molecule is CC#CN1NN(C)C=C1C. The molecule has 54 valence electrons. The zero-order valence-corrected chi connectivity index (χ0v) is 6.47. The first-order valence-corrected chi connectivity index (χ1v) is 3.14. The summed E-state index contributed by atoms with van der Waals surface area (Å²) < 4.78 is 0. The minimum atomic E-state index is 1.11. The monoisotopic (exact) mass is 137 g/mol. The van der Waals surface area contributed by atoms with Crippen molar-refractivity contribution in [3.8, 4) is 12.0 Å². The Morgan fingerprint density at radius 3 is 2.70 bits per heavy atom. The summed E-state index contributed by atoms with van der Waals surface area (Å²) >= 11 is 0. The van der Waals surface area contributed by atoms with Gasteiger partial charge in [0.1, 0.15) is 0 Å². The fourth-order valence-corrected chi connectivity index (χ4v) is 0.828. The van der Waals surface area contributed by atoms with E-state index in [2.05, 4.69) is 17.5 Å². The van der Waals surface area contributed by atoms with Crippen molar-refractivity contribution >= 4 is 0 Å². The van der Waals surface area contributed by atoms with Crippen LogP contribution in [0, 0.1) is 12.0 Å². The van der Waals surface area contributed by atoms with Crippen molar-refractivity contribution in [2.45, 2.75) is 13.8 Å². The molecule has 0 radical (unpaired) electrons. The largest absolute Gasteiger partial charge is 0.298 e. The summed E-state index contributed by atoms with van der Waals surface area (Å²) in [6.45, 7) is 3.81. The molecule has 0 aliphatic carbocycles. The van der Waals surface area contributed by atoms with Crippen LogP contribution in [0.4, 0.5) is 0 Å². The van der Waals surface area contributed by atoms with Gasteiger partial charge in [-0.15, -0.1) is 5.53 Å². The molecule has 1 N–H and O–H groups in total. The van der Waals surface area contributed by atoms with E-state index in [1.54, 1.807) is 5.01 Å². The number of allylic oxidation sites excluding steroid dienone is 1. The standard InChI is InChI=1S/C7H11N3/c1-4-5-10-7(2)6-9(3)8-10/h6,8H,1-3H3. The third-order valence-corrected chi connectivity index (χ3v) is 1.21. The molecular formula is C7H11N3. The highest BCUT2D eigenvalue weighted by Crippen LogP contribution is 2.05. The summed E-state index contributed by atoms with van der Waals surface area (Å²) in [6.07, 6.45) is 1.98. The molecular weight excluding hydrogens is 126 g/mol. The van der Waals surface area contributed by atoms with Gasteiger partial charge in [0, 0.05) is 19.3 Å². The Bertz CT molecular complexity index is 209. The van der Waals surface area contributed by atoms with Gasteiger partial charge in [0.2, 0.25) is 0 Å². The molecule has 1 aliphatic heterocycles. The van der Waals surface area contributed by atoms with Crippen molar-refractivity contribution in [3.05, 3.63) is 11.9 Å². The summed E-state index contributed by atoms with van der Waals surface area (Å²) in [6, 6.07) is 2.89. The van der Waals surface area contributed by atoms with Crippen LogP contribution in [-0.4, -0.2) is 17.1 Å². The number of hydrazine groups is 2. The Morgan fingerprint density at radius 2 is 2.30 bits per heavy atom. The number of rotatable bonds is 0. The lowest BCUT2D eigenvalue weighted by Crippen LogP contribution is -2.34. The molecule has 1 aliphatic rings. The second kappa shape index (κ2) is 2.63. The first-order chi connectivity index (χ1) is 4.74. The zero-order chi connectivity index (χ0) is 7.56. The van der Waals surface area contributed by atoms with Crippen LogP contribution in [0.25, 0.3) is 0 Å². The van der Waals surface area contributed by atoms with E-state index in [1.165, 1.54) is 0 Å². The van der Waals surface area contributed by atoms with Gasteiger partial charge in [0.15, 0.2) is 0 Å². The molecule has 0 amide bonds. The van der Waals surface area contributed by atoms with Crippen LogP contribution in [-0.2, 0) is 0 Å². The molecule has 0 saturated heterocycles. The van der Waals surface area contributed by atoms with E-state index in [-0.39, 0.29) is 0 Å². The molecule has 0 aromatic carbocycles. The van der Waals surface area contributed by atoms with Crippen molar-refractivity contribution in [2.24, 2.45) is 0 Å². The number of hydrogen-bond donors (Lipinski definition) is 1. The molecule has 0 bridgehead atoms. The Kier molecular flexibility index (Phi) is 1.83. The Labute approximate surface area is 61.2 Å². The Hall–Kier alpha value is -1.14. The van der Waals surface area contributed by atoms with E-state index >= 15 is 0 Å². The Morgan fingerprint density at radius 1 is 1.60 bits per heavy atom. The first-order valence-electron chi connectivity index (χ1n) is 3.14. The quantitative estimate of drug-likeness (QED) is 0.490. The Balaban J connectivity index is 2.65. The highest BCUT2D eigenvalue weighted by molar-refractivity contribution is 5.09. The van der Waals surface area contributed by atoms with Crippen molar-refractivity contribution in [1.82, 2.24) is 15.6 Å². The minimum absolute atomic E-state index is 1.11. The lowest BCUT2D eigenvalue weighted by atomic mass is 10.5. The lowest BCUT2D eigenvalue weighted by molar-refractivity contribution is 0.215. The van der Waals surface area contributed by atoms with E-state index in [4.69, 9.17) is 0 Å². The third kappa shape index (κ3) is 1.23. The maximum atomic E-state index is 3.00. The van der Waals surface area contributed by atoms with Gasteiger partial charge in [-0.25, -0.2) is 5.01 Å². The van der Waals surface area contributed by atoms with Gasteiger partial charge in [-0.1, -0.05) is 5.92 Å². The smallest absolute Gasteiger partial charge is 0.0604 e. The van der Waals surface area contributed by atoms with Gasteiger partial charge < -0.3 is 0 Å². The fourth-order valence-electron chi connectivity index (χ4n) is 0.828. The average Bonchev–Trinajstić information content (AvgIpc) is 2.13. The third-order valence-electron chi connectivity index (χ3n) is 1.21. The predicted molar refractivity (Wildman–Crippen MR) is 39.9 cm³/mol. The van der Waals surface area contributed by atoms with Gasteiger partial charge in [-0.2, -0.15) is 0 Å². The maximum Gasteiger partial charge on any atom is 0.0604 e. The number of hydrogen-bond acceptors (Lipinski definition) is 3. The van der Waals surface area contributed by atoms with Crippen LogP contribution in [0.15, 0.2) is 11.9 Å². The molecule has 0 aromatic rings. The van der Waals surface area contributed by atoms with Gasteiger partial charge in [0.25, 0.3) is 0 Å². The van der Waals surface area contributed by atoms with E-state index in [1.807, 2.05) is 32.1 Å². The maximum absolute atomic E-state index is 3.00. The fraction of sp³-hybridized carbons (Fsp3) is 0.429. The lowest BCUT2D eigenvalue weighted by Gasteiger charge is -2.13. The van der Waals surface area contributed by atoms with Crippen LogP contribution in [0.1, 0.15) is 13.8 Å². The normalized spacial score (nSPS) is 16.5. The van der Waals surface area contributed by atoms with Crippen LogP contribution in [0.5, 0.6) is 0 Å². The molecule has 1 heterocycles. The molecule has 0 atom stereocenters. The molecule has 0 spiro atoms. The number of nitrogens with one attached hydrogen (secondary N) is 1. The van der Waals surface area contributed by atoms with Gasteiger partial charge in [-0.3, -0.25) is 5.01 Å². The van der Waals surface area contributed by atoms with E-state index < -0.39 is 0 Å². The molecule has 0 aromatic heterocycles. The molecule has 0 fully saturated rings. The van der Waals surface area contributed by atoms with Crippen LogP contribution >= 0.6 is 0 Å². The summed E-state index contributed by atoms with van der Waals surface area (Å²) in [5, 5.41) is 3.64. The van der Waals surface area contributed by atoms with Crippen molar-refractivity contribution in [2.75, 3.05) is 7.05 Å². The molecule has 0 unspecified atom stereocenters. The van der Waals surface area contributed by atoms with Gasteiger partial charge in [0.05, 0.1) is 5.70 Å². The summed E-state index contributed by atoms with van der Waals surface area (Å²) in [5.74, 6) is 2.81. The molecule has 1 rings (SSSR count). The highest BCUT2D eigenvalue weighted by Gasteiger charge is 2.10. The van der Waals surface area contributed by atoms with E-state index in [0.29, 0.717) is 0 Å². The minimum Gasteiger partial charge on any atom is -0.298 e. The van der Waals surface area contributed by atoms with Gasteiger partial charge in [-0.05, 0) is 13.8 Å². The number of nitrogens with zero attached hydrogens (tertiary/aromatic N) is 2. The van der Waals surface area contributed by atoms with Gasteiger partial charge >= 0.3 is 0 Å². The molecule has 0 saturated carbocycles. The average molecular weight is 137 g/mol. The molecule has 10 heavy (non-hydrogen) atoms. The molecule has 3 nitrogen and oxygen atoms in total.